The predicted octanol–water partition coefficient (Wildman–Crippen LogP) is 1.32. The van der Waals surface area contributed by atoms with Crippen molar-refractivity contribution in [2.45, 2.75) is 6.17 Å². The maximum atomic E-state index is 12.8. The van der Waals surface area contributed by atoms with Gasteiger partial charge in [0.15, 0.2) is 0 Å². The van der Waals surface area contributed by atoms with Gasteiger partial charge in [-0.2, -0.15) is 0 Å². The fourth-order valence-corrected chi connectivity index (χ4v) is 0.796. The fraction of sp³-hybridized carbons (Fsp3) is 0.125. The summed E-state index contributed by atoms with van der Waals surface area (Å²) in [5.74, 6) is -1.54. The van der Waals surface area contributed by atoms with Crippen molar-refractivity contribution in [2.24, 2.45) is 5.73 Å². The molecule has 12 heavy (non-hydrogen) atoms. The van der Waals surface area contributed by atoms with E-state index in [-0.39, 0.29) is 5.56 Å². The van der Waals surface area contributed by atoms with Crippen molar-refractivity contribution in [3.63, 3.8) is 0 Å². The maximum absolute atomic E-state index is 12.8. The van der Waals surface area contributed by atoms with E-state index in [4.69, 9.17) is 5.73 Å². The Morgan fingerprint density at radius 3 is 2.25 bits per heavy atom. The number of alkyl halides is 1. The van der Waals surface area contributed by atoms with Gasteiger partial charge in [-0.3, -0.25) is 4.79 Å². The minimum atomic E-state index is -1.86. The van der Waals surface area contributed by atoms with Gasteiger partial charge in [-0.15, -0.1) is 0 Å². The Morgan fingerprint density at radius 1 is 1.33 bits per heavy atom. The first-order valence-electron chi connectivity index (χ1n) is 3.30. The Hall–Kier alpha value is -1.45. The number of hydrogen-bond donors (Lipinski definition) is 1. The molecule has 1 rings (SSSR count). The molecule has 0 fully saturated rings. The lowest BCUT2D eigenvalue weighted by molar-refractivity contribution is -0.122. The lowest BCUT2D eigenvalue weighted by Gasteiger charge is -2.02. The normalized spacial score (nSPS) is 12.5. The molecule has 2 N–H and O–H groups in total. The molecule has 0 saturated carbocycles. The molecule has 0 aliphatic carbocycles. The SMILES string of the molecule is NC(=O)C(F)c1ccc(F)cc1. The first-order chi connectivity index (χ1) is 5.61. The molecule has 0 aromatic heterocycles. The van der Waals surface area contributed by atoms with Gasteiger partial charge < -0.3 is 5.73 Å². The molecule has 0 bridgehead atoms. The molecule has 1 aromatic rings. The minimum Gasteiger partial charge on any atom is -0.367 e. The third kappa shape index (κ3) is 1.78. The van der Waals surface area contributed by atoms with Crippen molar-refractivity contribution in [1.82, 2.24) is 0 Å². The Labute approximate surface area is 68.0 Å². The Kier molecular flexibility index (Phi) is 2.38. The highest BCUT2D eigenvalue weighted by Crippen LogP contribution is 2.16. The molecule has 1 amide bonds. The van der Waals surface area contributed by atoms with Gasteiger partial charge in [0, 0.05) is 0 Å². The van der Waals surface area contributed by atoms with E-state index in [1.807, 2.05) is 0 Å². The summed E-state index contributed by atoms with van der Waals surface area (Å²) in [4.78, 5) is 10.3. The molecule has 0 radical (unpaired) electrons. The molecule has 4 heteroatoms. The van der Waals surface area contributed by atoms with Gasteiger partial charge in [-0.25, -0.2) is 8.78 Å². The molecule has 0 aliphatic rings. The second-order valence-electron chi connectivity index (χ2n) is 2.32. The van der Waals surface area contributed by atoms with Gasteiger partial charge in [0.1, 0.15) is 5.82 Å². The molecule has 0 aliphatic heterocycles. The second-order valence-corrected chi connectivity index (χ2v) is 2.32. The number of hydrogen-bond acceptors (Lipinski definition) is 1. The van der Waals surface area contributed by atoms with Gasteiger partial charge in [0.25, 0.3) is 5.91 Å². The molecule has 1 aromatic carbocycles. The van der Waals surface area contributed by atoms with Crippen LogP contribution in [0.2, 0.25) is 0 Å². The van der Waals surface area contributed by atoms with Gasteiger partial charge in [0.05, 0.1) is 0 Å². The van der Waals surface area contributed by atoms with Crippen LogP contribution in [-0.2, 0) is 4.79 Å². The number of benzene rings is 1. The van der Waals surface area contributed by atoms with E-state index >= 15 is 0 Å². The molecule has 1 unspecified atom stereocenters. The fourth-order valence-electron chi connectivity index (χ4n) is 0.796. The average molecular weight is 171 g/mol. The van der Waals surface area contributed by atoms with Crippen LogP contribution in [0.4, 0.5) is 8.78 Å². The van der Waals surface area contributed by atoms with Crippen LogP contribution in [0.3, 0.4) is 0 Å². The van der Waals surface area contributed by atoms with Gasteiger partial charge in [-0.05, 0) is 17.7 Å². The van der Waals surface area contributed by atoms with Crippen LogP contribution in [0, 0.1) is 5.82 Å². The highest BCUT2D eigenvalue weighted by molar-refractivity contribution is 5.80. The van der Waals surface area contributed by atoms with Gasteiger partial charge in [-0.1, -0.05) is 12.1 Å². The molecule has 0 saturated heterocycles. The van der Waals surface area contributed by atoms with Crippen molar-refractivity contribution in [3.05, 3.63) is 35.6 Å². The summed E-state index contributed by atoms with van der Waals surface area (Å²) >= 11 is 0. The van der Waals surface area contributed by atoms with Crippen LogP contribution >= 0.6 is 0 Å². The van der Waals surface area contributed by atoms with E-state index in [0.29, 0.717) is 0 Å². The van der Waals surface area contributed by atoms with E-state index in [0.717, 1.165) is 12.1 Å². The topological polar surface area (TPSA) is 43.1 Å². The van der Waals surface area contributed by atoms with Crippen LogP contribution in [0.1, 0.15) is 11.7 Å². The van der Waals surface area contributed by atoms with Crippen molar-refractivity contribution in [2.75, 3.05) is 0 Å². The zero-order valence-corrected chi connectivity index (χ0v) is 6.13. The summed E-state index contributed by atoms with van der Waals surface area (Å²) in [7, 11) is 0. The van der Waals surface area contributed by atoms with Gasteiger partial charge in [0.2, 0.25) is 6.17 Å². The zero-order valence-electron chi connectivity index (χ0n) is 6.13. The van der Waals surface area contributed by atoms with Crippen molar-refractivity contribution in [1.29, 1.82) is 0 Å². The number of halogens is 2. The van der Waals surface area contributed by atoms with Crippen LogP contribution in [0.5, 0.6) is 0 Å². The minimum absolute atomic E-state index is 0.0731. The first-order valence-corrected chi connectivity index (χ1v) is 3.30. The lowest BCUT2D eigenvalue weighted by atomic mass is 10.1. The summed E-state index contributed by atoms with van der Waals surface area (Å²) in [5, 5.41) is 0. The Morgan fingerprint density at radius 2 is 1.83 bits per heavy atom. The van der Waals surface area contributed by atoms with E-state index in [2.05, 4.69) is 0 Å². The predicted molar refractivity (Wildman–Crippen MR) is 39.4 cm³/mol. The van der Waals surface area contributed by atoms with Crippen LogP contribution < -0.4 is 5.73 Å². The first kappa shape index (κ1) is 8.64. The van der Waals surface area contributed by atoms with Crippen molar-refractivity contribution >= 4 is 5.91 Å². The summed E-state index contributed by atoms with van der Waals surface area (Å²) in [6, 6.07) is 4.52. The number of carbonyl (C=O) groups excluding carboxylic acids is 1. The number of amides is 1. The Balaban J connectivity index is 2.89. The monoisotopic (exact) mass is 171 g/mol. The summed E-state index contributed by atoms with van der Waals surface area (Å²) in [5.41, 5.74) is 4.77. The summed E-state index contributed by atoms with van der Waals surface area (Å²) < 4.78 is 25.1. The highest BCUT2D eigenvalue weighted by Gasteiger charge is 2.15. The van der Waals surface area contributed by atoms with Crippen LogP contribution in [0.15, 0.2) is 24.3 Å². The molecule has 0 spiro atoms. The number of nitrogens with two attached hydrogens (primary N) is 1. The number of carbonyl (C=O) groups is 1. The highest BCUT2D eigenvalue weighted by atomic mass is 19.1. The van der Waals surface area contributed by atoms with E-state index in [1.165, 1.54) is 12.1 Å². The molecule has 0 heterocycles. The third-order valence-electron chi connectivity index (χ3n) is 1.41. The summed E-state index contributed by atoms with van der Waals surface area (Å²) in [6.45, 7) is 0. The van der Waals surface area contributed by atoms with Crippen molar-refractivity contribution < 1.29 is 13.6 Å². The van der Waals surface area contributed by atoms with E-state index in [9.17, 15) is 13.6 Å². The van der Waals surface area contributed by atoms with Crippen molar-refractivity contribution in [3.8, 4) is 0 Å². The van der Waals surface area contributed by atoms with E-state index in [1.54, 1.807) is 0 Å². The average Bonchev–Trinajstić information content (AvgIpc) is 2.04. The number of primary amides is 1. The standard InChI is InChI=1S/C8H7F2NO/c9-6-3-1-5(2-4-6)7(10)8(11)12/h1-4,7H,(H2,11,12). The molecular formula is C8H7F2NO. The van der Waals surface area contributed by atoms with Crippen LogP contribution in [0.25, 0.3) is 0 Å². The molecule has 64 valence electrons. The largest absolute Gasteiger partial charge is 0.367 e. The van der Waals surface area contributed by atoms with Crippen LogP contribution in [-0.4, -0.2) is 5.91 Å². The zero-order chi connectivity index (χ0) is 9.14. The maximum Gasteiger partial charge on any atom is 0.256 e. The molecule has 1 atom stereocenters. The van der Waals surface area contributed by atoms with E-state index < -0.39 is 17.9 Å². The second kappa shape index (κ2) is 3.30. The molecular weight excluding hydrogens is 164 g/mol. The molecule has 2 nitrogen and oxygen atoms in total. The number of rotatable bonds is 2. The smallest absolute Gasteiger partial charge is 0.256 e. The van der Waals surface area contributed by atoms with Gasteiger partial charge >= 0.3 is 0 Å². The Bertz CT molecular complexity index is 284. The third-order valence-corrected chi connectivity index (χ3v) is 1.41. The quantitative estimate of drug-likeness (QED) is 0.716. The lowest BCUT2D eigenvalue weighted by Crippen LogP contribution is -2.17. The summed E-state index contributed by atoms with van der Waals surface area (Å²) in [6.07, 6.45) is -1.86.